The van der Waals surface area contributed by atoms with E-state index < -0.39 is 0 Å². The third kappa shape index (κ3) is 3.60. The Balaban J connectivity index is 1.78. The molecule has 3 rings (SSSR count). The number of aryl methyl sites for hydroxylation is 2. The number of ketones is 1. The van der Waals surface area contributed by atoms with E-state index in [1.54, 1.807) is 24.3 Å². The van der Waals surface area contributed by atoms with E-state index in [1.807, 2.05) is 12.1 Å². The molecule has 5 heteroatoms. The van der Waals surface area contributed by atoms with Crippen LogP contribution in [0.25, 0.3) is 0 Å². The molecule has 0 heterocycles. The summed E-state index contributed by atoms with van der Waals surface area (Å²) < 4.78 is 10.4. The van der Waals surface area contributed by atoms with Gasteiger partial charge < -0.3 is 9.47 Å². The van der Waals surface area contributed by atoms with Gasteiger partial charge in [-0.2, -0.15) is 0 Å². The molecule has 0 bridgehead atoms. The van der Waals surface area contributed by atoms with Crippen LogP contribution in [-0.2, 0) is 22.4 Å². The molecule has 0 amide bonds. The van der Waals surface area contributed by atoms with E-state index in [0.717, 1.165) is 24.0 Å². The first-order valence-corrected chi connectivity index (χ1v) is 8.14. The van der Waals surface area contributed by atoms with E-state index in [-0.39, 0.29) is 25.0 Å². The first-order valence-electron chi connectivity index (χ1n) is 7.77. The van der Waals surface area contributed by atoms with Crippen LogP contribution in [0.2, 0.25) is 5.02 Å². The molecule has 124 valence electrons. The van der Waals surface area contributed by atoms with Crippen LogP contribution in [0.1, 0.15) is 34.0 Å². The van der Waals surface area contributed by atoms with Gasteiger partial charge in [-0.05, 0) is 60.4 Å². The van der Waals surface area contributed by atoms with Crippen LogP contribution >= 0.6 is 11.6 Å². The molecule has 1 aliphatic carbocycles. The lowest BCUT2D eigenvalue weighted by atomic mass is 9.99. The Bertz CT molecular complexity index is 798. The molecule has 2 aromatic carbocycles. The van der Waals surface area contributed by atoms with Gasteiger partial charge in [0.05, 0.1) is 0 Å². The molecule has 0 spiro atoms. The van der Waals surface area contributed by atoms with Crippen LogP contribution < -0.4 is 4.74 Å². The van der Waals surface area contributed by atoms with E-state index in [1.165, 1.54) is 6.92 Å². The maximum Gasteiger partial charge on any atom is 0.302 e. The summed E-state index contributed by atoms with van der Waals surface area (Å²) in [5.41, 5.74) is 3.34. The molecule has 0 aliphatic heterocycles. The van der Waals surface area contributed by atoms with Crippen LogP contribution in [0.4, 0.5) is 0 Å². The second kappa shape index (κ2) is 7.05. The molecular formula is C19H17ClO4. The number of carbonyl (C=O) groups is 2. The van der Waals surface area contributed by atoms with Crippen molar-refractivity contribution >= 4 is 23.4 Å². The van der Waals surface area contributed by atoms with Gasteiger partial charge in [0.2, 0.25) is 0 Å². The Morgan fingerprint density at radius 2 is 1.71 bits per heavy atom. The van der Waals surface area contributed by atoms with Crippen molar-refractivity contribution in [2.75, 3.05) is 13.2 Å². The summed E-state index contributed by atoms with van der Waals surface area (Å²) >= 11 is 6.04. The van der Waals surface area contributed by atoms with Crippen molar-refractivity contribution < 1.29 is 19.1 Å². The molecule has 0 radical (unpaired) electrons. The Morgan fingerprint density at radius 3 is 2.42 bits per heavy atom. The lowest BCUT2D eigenvalue weighted by molar-refractivity contribution is -0.141. The van der Waals surface area contributed by atoms with Gasteiger partial charge in [0.15, 0.2) is 5.78 Å². The molecule has 24 heavy (non-hydrogen) atoms. The van der Waals surface area contributed by atoms with Gasteiger partial charge in [0, 0.05) is 23.1 Å². The minimum absolute atomic E-state index is 0.0145. The summed E-state index contributed by atoms with van der Waals surface area (Å²) in [5.74, 6) is 0.348. The van der Waals surface area contributed by atoms with E-state index in [4.69, 9.17) is 21.1 Å². The maximum atomic E-state index is 12.7. The van der Waals surface area contributed by atoms with Crippen molar-refractivity contribution in [2.45, 2.75) is 19.8 Å². The standard InChI is InChI=1S/C19H17ClO4/c1-12(21)23-8-9-24-16-5-7-18-14(11-16)3-2-13-10-15(20)4-6-17(13)19(18)22/h4-7,10-11H,2-3,8-9H2,1H3. The number of fused-ring (bicyclic) bond motifs is 2. The number of hydrogen-bond acceptors (Lipinski definition) is 4. The highest BCUT2D eigenvalue weighted by molar-refractivity contribution is 6.30. The van der Waals surface area contributed by atoms with Crippen molar-refractivity contribution in [3.8, 4) is 5.75 Å². The quantitative estimate of drug-likeness (QED) is 0.628. The fourth-order valence-corrected chi connectivity index (χ4v) is 3.03. The zero-order valence-electron chi connectivity index (χ0n) is 13.3. The molecule has 0 fully saturated rings. The molecule has 0 unspecified atom stereocenters. The molecule has 0 saturated carbocycles. The second-order valence-electron chi connectivity index (χ2n) is 5.64. The van der Waals surface area contributed by atoms with Crippen LogP contribution in [0.3, 0.4) is 0 Å². The first kappa shape index (κ1) is 16.5. The van der Waals surface area contributed by atoms with E-state index in [2.05, 4.69) is 0 Å². The Labute approximate surface area is 145 Å². The molecular weight excluding hydrogens is 328 g/mol. The van der Waals surface area contributed by atoms with Gasteiger partial charge in [-0.25, -0.2) is 0 Å². The number of rotatable bonds is 4. The van der Waals surface area contributed by atoms with Gasteiger partial charge in [-0.3, -0.25) is 9.59 Å². The van der Waals surface area contributed by atoms with Crippen molar-refractivity contribution in [1.82, 2.24) is 0 Å². The lowest BCUT2D eigenvalue weighted by Gasteiger charge is -2.10. The minimum atomic E-state index is -0.331. The number of benzene rings is 2. The molecule has 0 aromatic heterocycles. The third-order valence-electron chi connectivity index (χ3n) is 3.95. The fourth-order valence-electron chi connectivity index (χ4n) is 2.84. The average Bonchev–Trinajstić information content (AvgIpc) is 2.68. The smallest absolute Gasteiger partial charge is 0.302 e. The molecule has 0 N–H and O–H groups in total. The number of hydrogen-bond donors (Lipinski definition) is 0. The summed E-state index contributed by atoms with van der Waals surface area (Å²) in [5, 5.41) is 0.641. The maximum absolute atomic E-state index is 12.7. The molecule has 0 atom stereocenters. The molecule has 2 aromatic rings. The minimum Gasteiger partial charge on any atom is -0.490 e. The predicted molar refractivity (Wildman–Crippen MR) is 90.9 cm³/mol. The van der Waals surface area contributed by atoms with Crippen LogP contribution in [0, 0.1) is 0 Å². The summed E-state index contributed by atoms with van der Waals surface area (Å²) in [4.78, 5) is 23.5. The second-order valence-corrected chi connectivity index (χ2v) is 6.07. The van der Waals surface area contributed by atoms with Gasteiger partial charge >= 0.3 is 5.97 Å². The summed E-state index contributed by atoms with van der Waals surface area (Å²) in [6.45, 7) is 1.84. The molecule has 0 saturated heterocycles. The van der Waals surface area contributed by atoms with Gasteiger partial charge in [0.25, 0.3) is 0 Å². The Hall–Kier alpha value is -2.33. The van der Waals surface area contributed by atoms with Gasteiger partial charge in [-0.1, -0.05) is 11.6 Å². The number of esters is 1. The van der Waals surface area contributed by atoms with E-state index >= 15 is 0 Å². The van der Waals surface area contributed by atoms with Gasteiger partial charge in [0.1, 0.15) is 19.0 Å². The molecule has 1 aliphatic rings. The predicted octanol–water partition coefficient (Wildman–Crippen LogP) is 3.61. The topological polar surface area (TPSA) is 52.6 Å². The normalized spacial score (nSPS) is 12.8. The van der Waals surface area contributed by atoms with Crippen LogP contribution in [-0.4, -0.2) is 25.0 Å². The van der Waals surface area contributed by atoms with Crippen molar-refractivity contribution in [3.05, 3.63) is 63.7 Å². The summed E-state index contributed by atoms with van der Waals surface area (Å²) in [6, 6.07) is 10.8. The average molecular weight is 345 g/mol. The zero-order valence-corrected chi connectivity index (χ0v) is 14.1. The largest absolute Gasteiger partial charge is 0.490 e. The zero-order chi connectivity index (χ0) is 17.1. The lowest BCUT2D eigenvalue weighted by Crippen LogP contribution is -2.10. The van der Waals surface area contributed by atoms with E-state index in [0.29, 0.717) is 21.9 Å². The van der Waals surface area contributed by atoms with Crippen LogP contribution in [0.5, 0.6) is 5.75 Å². The highest BCUT2D eigenvalue weighted by atomic mass is 35.5. The monoisotopic (exact) mass is 344 g/mol. The SMILES string of the molecule is CC(=O)OCCOc1ccc2c(c1)CCc1cc(Cl)ccc1C2=O. The highest BCUT2D eigenvalue weighted by Crippen LogP contribution is 2.28. The number of ether oxygens (including phenoxy) is 2. The third-order valence-corrected chi connectivity index (χ3v) is 4.19. The first-order chi connectivity index (χ1) is 11.5. The van der Waals surface area contributed by atoms with Crippen molar-refractivity contribution in [1.29, 1.82) is 0 Å². The molecule has 4 nitrogen and oxygen atoms in total. The summed E-state index contributed by atoms with van der Waals surface area (Å²) in [7, 11) is 0. The van der Waals surface area contributed by atoms with Crippen LogP contribution in [0.15, 0.2) is 36.4 Å². The highest BCUT2D eigenvalue weighted by Gasteiger charge is 2.21. The van der Waals surface area contributed by atoms with Crippen molar-refractivity contribution in [2.24, 2.45) is 0 Å². The Kier molecular flexibility index (Phi) is 4.86. The van der Waals surface area contributed by atoms with Gasteiger partial charge in [-0.15, -0.1) is 0 Å². The fraction of sp³-hybridized carbons (Fsp3) is 0.263. The number of carbonyl (C=O) groups excluding carboxylic acids is 2. The number of halogens is 1. The van der Waals surface area contributed by atoms with Crippen molar-refractivity contribution in [3.63, 3.8) is 0 Å². The summed E-state index contributed by atoms with van der Waals surface area (Å²) in [6.07, 6.45) is 1.50. The Morgan fingerprint density at radius 1 is 1.04 bits per heavy atom. The van der Waals surface area contributed by atoms with E-state index in [9.17, 15) is 9.59 Å².